The first-order valence-corrected chi connectivity index (χ1v) is 9.10. The number of nitrogens with zero attached hydrogens (tertiary/aromatic N) is 3. The van der Waals surface area contributed by atoms with Crippen LogP contribution >= 0.6 is 23.4 Å². The zero-order chi connectivity index (χ0) is 18.2. The first-order chi connectivity index (χ1) is 11.8. The van der Waals surface area contributed by atoms with E-state index in [9.17, 15) is 18.0 Å². The summed E-state index contributed by atoms with van der Waals surface area (Å²) in [4.78, 5) is 12.3. The maximum Gasteiger partial charge on any atom is 0.417 e. The Morgan fingerprint density at radius 1 is 1.40 bits per heavy atom. The molecule has 10 heteroatoms. The van der Waals surface area contributed by atoms with Gasteiger partial charge in [-0.25, -0.2) is 0 Å². The lowest BCUT2D eigenvalue weighted by Gasteiger charge is -2.15. The first-order valence-electron chi connectivity index (χ1n) is 7.84. The van der Waals surface area contributed by atoms with E-state index in [2.05, 4.69) is 15.5 Å². The number of nitrogens with one attached hydrogen (secondary N) is 1. The van der Waals surface area contributed by atoms with Gasteiger partial charge in [-0.2, -0.15) is 13.2 Å². The number of amides is 1. The molecule has 1 saturated carbocycles. The van der Waals surface area contributed by atoms with Gasteiger partial charge < -0.3 is 5.32 Å². The number of aromatic nitrogens is 3. The highest BCUT2D eigenvalue weighted by molar-refractivity contribution is 8.00. The fraction of sp³-hybridized carbons (Fsp3) is 0.533. The molecule has 3 rings (SSSR count). The van der Waals surface area contributed by atoms with E-state index in [1.807, 2.05) is 0 Å². The number of carbonyl (C=O) groups excluding carboxylic acids is 1. The third-order valence-electron chi connectivity index (χ3n) is 4.11. The molecular formula is C15H16ClF3N4OS. The summed E-state index contributed by atoms with van der Waals surface area (Å²) < 4.78 is 40.1. The maximum atomic E-state index is 13.0. The average Bonchev–Trinajstić information content (AvgIpc) is 3.16. The quantitative estimate of drug-likeness (QED) is 0.800. The van der Waals surface area contributed by atoms with Crippen molar-refractivity contribution >= 4 is 34.9 Å². The Morgan fingerprint density at radius 3 is 2.72 bits per heavy atom. The summed E-state index contributed by atoms with van der Waals surface area (Å²) in [6, 6.07) is 0.993. The van der Waals surface area contributed by atoms with Crippen molar-refractivity contribution in [3.63, 3.8) is 0 Å². The molecular weight excluding hydrogens is 377 g/mol. The van der Waals surface area contributed by atoms with Crippen molar-refractivity contribution in [1.82, 2.24) is 19.9 Å². The molecule has 1 fully saturated rings. The first kappa shape index (κ1) is 18.3. The normalized spacial score (nSPS) is 17.2. The van der Waals surface area contributed by atoms with Gasteiger partial charge in [-0.3, -0.25) is 9.20 Å². The molecule has 1 N–H and O–H groups in total. The number of carbonyl (C=O) groups is 1. The molecule has 0 spiro atoms. The van der Waals surface area contributed by atoms with Crippen LogP contribution < -0.4 is 5.32 Å². The van der Waals surface area contributed by atoms with Crippen molar-refractivity contribution in [2.24, 2.45) is 0 Å². The van der Waals surface area contributed by atoms with E-state index >= 15 is 0 Å². The van der Waals surface area contributed by atoms with Gasteiger partial charge in [0.15, 0.2) is 10.8 Å². The number of rotatable bonds is 4. The molecule has 0 bridgehead atoms. The molecule has 2 aromatic heterocycles. The largest absolute Gasteiger partial charge is 0.417 e. The molecule has 0 unspecified atom stereocenters. The third kappa shape index (κ3) is 4.03. The van der Waals surface area contributed by atoms with E-state index in [1.165, 1.54) is 4.40 Å². The molecule has 2 aromatic rings. The summed E-state index contributed by atoms with van der Waals surface area (Å²) in [6.07, 6.45) is 0.476. The second kappa shape index (κ2) is 7.03. The Kier molecular flexibility index (Phi) is 5.15. The molecule has 1 aliphatic carbocycles. The van der Waals surface area contributed by atoms with Crippen LogP contribution in [0.25, 0.3) is 5.65 Å². The van der Waals surface area contributed by atoms with Crippen LogP contribution in [0.5, 0.6) is 0 Å². The lowest BCUT2D eigenvalue weighted by Crippen LogP contribution is -2.37. The second-order valence-corrected chi connectivity index (χ2v) is 7.72. The number of fused-ring (bicyclic) bond motifs is 1. The van der Waals surface area contributed by atoms with Crippen LogP contribution in [0.1, 0.15) is 38.2 Å². The maximum absolute atomic E-state index is 13.0. The Hall–Kier alpha value is -1.48. The molecule has 136 valence electrons. The van der Waals surface area contributed by atoms with Crippen molar-refractivity contribution in [2.45, 2.75) is 55.2 Å². The highest BCUT2D eigenvalue weighted by Gasteiger charge is 2.32. The van der Waals surface area contributed by atoms with Crippen molar-refractivity contribution in [1.29, 1.82) is 0 Å². The van der Waals surface area contributed by atoms with Gasteiger partial charge in [0.25, 0.3) is 0 Å². The number of alkyl halides is 3. The Labute approximate surface area is 151 Å². The van der Waals surface area contributed by atoms with Gasteiger partial charge in [-0.05, 0) is 25.8 Å². The fourth-order valence-electron chi connectivity index (χ4n) is 2.77. The van der Waals surface area contributed by atoms with Gasteiger partial charge in [0.2, 0.25) is 5.91 Å². The Bertz CT molecular complexity index is 789. The van der Waals surface area contributed by atoms with Gasteiger partial charge in [0.1, 0.15) is 0 Å². The summed E-state index contributed by atoms with van der Waals surface area (Å²) in [6.45, 7) is 1.69. The molecule has 25 heavy (non-hydrogen) atoms. The van der Waals surface area contributed by atoms with E-state index in [0.717, 1.165) is 49.7 Å². The zero-order valence-corrected chi connectivity index (χ0v) is 14.9. The lowest BCUT2D eigenvalue weighted by molar-refractivity contribution is -0.137. The van der Waals surface area contributed by atoms with Crippen molar-refractivity contribution in [3.05, 3.63) is 22.8 Å². The SMILES string of the molecule is C[C@@H](Sc1nnc2c(Cl)cc(C(F)(F)F)cn12)C(=O)NC1CCCC1. The predicted octanol–water partition coefficient (Wildman–Crippen LogP) is 3.94. The van der Waals surface area contributed by atoms with Crippen LogP contribution in [0, 0.1) is 0 Å². The Morgan fingerprint density at radius 2 is 2.08 bits per heavy atom. The molecule has 0 saturated heterocycles. The summed E-state index contributed by atoms with van der Waals surface area (Å²) in [5.74, 6) is -0.160. The summed E-state index contributed by atoms with van der Waals surface area (Å²) in [5.41, 5.74) is -0.768. The van der Waals surface area contributed by atoms with E-state index in [-0.39, 0.29) is 27.8 Å². The van der Waals surface area contributed by atoms with Crippen LogP contribution in [0.4, 0.5) is 13.2 Å². The molecule has 1 aliphatic rings. The number of hydrogen-bond donors (Lipinski definition) is 1. The lowest BCUT2D eigenvalue weighted by atomic mass is 10.2. The minimum Gasteiger partial charge on any atom is -0.352 e. The highest BCUT2D eigenvalue weighted by atomic mass is 35.5. The van der Waals surface area contributed by atoms with Gasteiger partial charge >= 0.3 is 6.18 Å². The van der Waals surface area contributed by atoms with Crippen LogP contribution in [-0.2, 0) is 11.0 Å². The molecule has 1 amide bonds. The van der Waals surface area contributed by atoms with E-state index in [0.29, 0.717) is 0 Å². The molecule has 0 aliphatic heterocycles. The molecule has 5 nitrogen and oxygen atoms in total. The van der Waals surface area contributed by atoms with Crippen molar-refractivity contribution < 1.29 is 18.0 Å². The molecule has 2 heterocycles. The standard InChI is InChI=1S/C15H16ClF3N4OS/c1-8(13(24)20-10-4-2-3-5-10)25-14-22-21-12-11(16)6-9(7-23(12)14)15(17,18)19/h6-8,10H,2-5H2,1H3,(H,20,24)/t8-/m1/s1. The molecule has 1 atom stereocenters. The van der Waals surface area contributed by atoms with Crippen LogP contribution in [-0.4, -0.2) is 31.8 Å². The van der Waals surface area contributed by atoms with Gasteiger partial charge in [-0.15, -0.1) is 10.2 Å². The molecule has 0 radical (unpaired) electrons. The molecule has 0 aromatic carbocycles. The predicted molar refractivity (Wildman–Crippen MR) is 88.7 cm³/mol. The van der Waals surface area contributed by atoms with Crippen LogP contribution in [0.2, 0.25) is 5.02 Å². The average molecular weight is 393 g/mol. The van der Waals surface area contributed by atoms with Crippen molar-refractivity contribution in [2.75, 3.05) is 0 Å². The minimum absolute atomic E-state index is 0.126. The highest BCUT2D eigenvalue weighted by Crippen LogP contribution is 2.33. The monoisotopic (exact) mass is 392 g/mol. The smallest absolute Gasteiger partial charge is 0.352 e. The Balaban J connectivity index is 1.80. The van der Waals surface area contributed by atoms with E-state index < -0.39 is 17.0 Å². The fourth-order valence-corrected chi connectivity index (χ4v) is 3.85. The topological polar surface area (TPSA) is 59.3 Å². The van der Waals surface area contributed by atoms with Gasteiger partial charge in [0.05, 0.1) is 15.8 Å². The van der Waals surface area contributed by atoms with Gasteiger partial charge in [-0.1, -0.05) is 36.2 Å². The van der Waals surface area contributed by atoms with Crippen LogP contribution in [0.15, 0.2) is 17.4 Å². The summed E-state index contributed by atoms with van der Waals surface area (Å²) >= 11 is 6.93. The number of hydrogen-bond acceptors (Lipinski definition) is 4. The number of pyridine rings is 1. The zero-order valence-electron chi connectivity index (χ0n) is 13.3. The number of thioether (sulfide) groups is 1. The van der Waals surface area contributed by atoms with E-state index in [4.69, 9.17) is 11.6 Å². The van der Waals surface area contributed by atoms with Gasteiger partial charge in [0, 0.05) is 12.2 Å². The summed E-state index contributed by atoms with van der Waals surface area (Å²) in [5, 5.41) is 10.2. The third-order valence-corrected chi connectivity index (χ3v) is 5.44. The summed E-state index contributed by atoms with van der Waals surface area (Å²) in [7, 11) is 0. The number of halogens is 4. The second-order valence-electron chi connectivity index (χ2n) is 6.00. The van der Waals surface area contributed by atoms with Crippen LogP contribution in [0.3, 0.4) is 0 Å². The minimum atomic E-state index is -4.53. The van der Waals surface area contributed by atoms with E-state index in [1.54, 1.807) is 6.92 Å². The van der Waals surface area contributed by atoms with Crippen molar-refractivity contribution in [3.8, 4) is 0 Å².